The molecule has 1 heterocycles. The van der Waals surface area contributed by atoms with Gasteiger partial charge < -0.3 is 10.2 Å². The highest BCUT2D eigenvalue weighted by molar-refractivity contribution is 5.94. The van der Waals surface area contributed by atoms with Gasteiger partial charge in [-0.1, -0.05) is 42.5 Å². The van der Waals surface area contributed by atoms with Crippen molar-refractivity contribution in [2.24, 2.45) is 0 Å². The van der Waals surface area contributed by atoms with Crippen molar-refractivity contribution in [2.75, 3.05) is 0 Å². The number of benzene rings is 2. The number of hydrogen-bond acceptors (Lipinski definition) is 2. The summed E-state index contributed by atoms with van der Waals surface area (Å²) in [5, 5.41) is 2.92. The van der Waals surface area contributed by atoms with Crippen molar-refractivity contribution in [3.8, 4) is 0 Å². The van der Waals surface area contributed by atoms with Crippen LogP contribution in [-0.2, 0) is 22.7 Å². The van der Waals surface area contributed by atoms with E-state index in [1.54, 1.807) is 24.0 Å². The molecule has 0 bridgehead atoms. The average Bonchev–Trinajstić information content (AvgIpc) is 2.90. The normalized spacial score (nSPS) is 19.9. The van der Waals surface area contributed by atoms with Crippen LogP contribution in [0.15, 0.2) is 54.6 Å². The van der Waals surface area contributed by atoms with Crippen molar-refractivity contribution in [2.45, 2.75) is 38.4 Å². The Morgan fingerprint density at radius 1 is 1.16 bits per heavy atom. The summed E-state index contributed by atoms with van der Waals surface area (Å²) in [6, 6.07) is 15.8. The van der Waals surface area contributed by atoms with Crippen LogP contribution in [0.2, 0.25) is 0 Å². The van der Waals surface area contributed by atoms with Crippen molar-refractivity contribution in [1.82, 2.24) is 10.2 Å². The molecule has 1 fully saturated rings. The number of carbonyl (C=O) groups is 2. The number of nitrogens with one attached hydrogen (secondary N) is 1. The Kier molecular flexibility index (Phi) is 4.83. The number of nitrogens with zero attached hydrogens (tertiary/aromatic N) is 1. The van der Waals surface area contributed by atoms with E-state index in [1.165, 1.54) is 12.1 Å². The summed E-state index contributed by atoms with van der Waals surface area (Å²) in [4.78, 5) is 26.6. The maximum Gasteiger partial charge on any atom is 0.245 e. The second-order valence-corrected chi connectivity index (χ2v) is 6.55. The molecule has 3 rings (SSSR count). The van der Waals surface area contributed by atoms with Crippen LogP contribution >= 0.6 is 0 Å². The van der Waals surface area contributed by atoms with Crippen molar-refractivity contribution >= 4 is 11.8 Å². The minimum Gasteiger partial charge on any atom is -0.350 e. The quantitative estimate of drug-likeness (QED) is 0.909. The van der Waals surface area contributed by atoms with Gasteiger partial charge in [0, 0.05) is 19.5 Å². The van der Waals surface area contributed by atoms with Crippen molar-refractivity contribution in [3.05, 3.63) is 71.5 Å². The fraction of sp³-hybridized carbons (Fsp3) is 0.300. The van der Waals surface area contributed by atoms with Crippen LogP contribution in [0.25, 0.3) is 0 Å². The molecule has 2 aromatic rings. The number of halogens is 1. The van der Waals surface area contributed by atoms with Gasteiger partial charge in [0.25, 0.3) is 0 Å². The van der Waals surface area contributed by atoms with E-state index in [9.17, 15) is 14.0 Å². The Morgan fingerprint density at radius 3 is 2.60 bits per heavy atom. The molecular formula is C20H21FN2O2. The van der Waals surface area contributed by atoms with Gasteiger partial charge in [-0.25, -0.2) is 4.39 Å². The Labute approximate surface area is 146 Å². The van der Waals surface area contributed by atoms with Crippen LogP contribution in [0.4, 0.5) is 4.39 Å². The molecule has 130 valence electrons. The SMILES string of the molecule is CC1(C(=O)NCc2ccccc2)CCC(=O)N1Cc1cccc(F)c1. The van der Waals surface area contributed by atoms with Crippen LogP contribution in [0.1, 0.15) is 30.9 Å². The zero-order valence-corrected chi connectivity index (χ0v) is 14.2. The van der Waals surface area contributed by atoms with E-state index in [1.807, 2.05) is 30.3 Å². The molecule has 1 N–H and O–H groups in total. The van der Waals surface area contributed by atoms with Crippen molar-refractivity contribution < 1.29 is 14.0 Å². The molecule has 4 nitrogen and oxygen atoms in total. The fourth-order valence-electron chi connectivity index (χ4n) is 3.18. The maximum absolute atomic E-state index is 13.4. The molecule has 1 atom stereocenters. The largest absolute Gasteiger partial charge is 0.350 e. The summed E-state index contributed by atoms with van der Waals surface area (Å²) in [6.07, 6.45) is 0.784. The maximum atomic E-state index is 13.4. The average molecular weight is 340 g/mol. The van der Waals surface area contributed by atoms with Crippen molar-refractivity contribution in [1.29, 1.82) is 0 Å². The zero-order valence-electron chi connectivity index (χ0n) is 14.2. The number of rotatable bonds is 5. The molecule has 5 heteroatoms. The van der Waals surface area contributed by atoms with Crippen LogP contribution in [0, 0.1) is 5.82 Å². The standard InChI is InChI=1S/C20H21FN2O2/c1-20(19(25)22-13-15-6-3-2-4-7-15)11-10-18(24)23(20)14-16-8-5-9-17(21)12-16/h2-9,12H,10-11,13-14H2,1H3,(H,22,25). The summed E-state index contributed by atoms with van der Waals surface area (Å²) >= 11 is 0. The third kappa shape index (κ3) is 3.71. The lowest BCUT2D eigenvalue weighted by atomic mass is 9.97. The van der Waals surface area contributed by atoms with Gasteiger partial charge in [0.05, 0.1) is 0 Å². The first-order chi connectivity index (χ1) is 12.0. The van der Waals surface area contributed by atoms with E-state index >= 15 is 0 Å². The van der Waals surface area contributed by atoms with E-state index < -0.39 is 5.54 Å². The molecule has 0 aliphatic carbocycles. The smallest absolute Gasteiger partial charge is 0.245 e. The van der Waals surface area contributed by atoms with Crippen LogP contribution in [0.5, 0.6) is 0 Å². The summed E-state index contributed by atoms with van der Waals surface area (Å²) in [5.74, 6) is -0.611. The number of likely N-dealkylation sites (tertiary alicyclic amines) is 1. The molecule has 25 heavy (non-hydrogen) atoms. The molecule has 2 aromatic carbocycles. The molecule has 0 aromatic heterocycles. The van der Waals surface area contributed by atoms with Gasteiger partial charge >= 0.3 is 0 Å². The predicted molar refractivity (Wildman–Crippen MR) is 92.9 cm³/mol. The second kappa shape index (κ2) is 7.05. The van der Waals surface area contributed by atoms with Gasteiger partial charge in [0.15, 0.2) is 0 Å². The first-order valence-electron chi connectivity index (χ1n) is 8.36. The highest BCUT2D eigenvalue weighted by Crippen LogP contribution is 2.32. The summed E-state index contributed by atoms with van der Waals surface area (Å²) in [5.41, 5.74) is 0.760. The van der Waals surface area contributed by atoms with Gasteiger partial charge in [-0.2, -0.15) is 0 Å². The first-order valence-corrected chi connectivity index (χ1v) is 8.36. The van der Waals surface area contributed by atoms with Crippen LogP contribution in [-0.4, -0.2) is 22.3 Å². The molecule has 2 amide bonds. The molecule has 1 aliphatic heterocycles. The Balaban J connectivity index is 1.73. The van der Waals surface area contributed by atoms with Crippen LogP contribution < -0.4 is 5.32 Å². The number of amides is 2. The number of carbonyl (C=O) groups excluding carboxylic acids is 2. The Bertz CT molecular complexity index is 778. The highest BCUT2D eigenvalue weighted by Gasteiger charge is 2.47. The fourth-order valence-corrected chi connectivity index (χ4v) is 3.18. The molecule has 1 unspecified atom stereocenters. The lowest BCUT2D eigenvalue weighted by Crippen LogP contribution is -2.53. The Morgan fingerprint density at radius 2 is 1.88 bits per heavy atom. The summed E-state index contributed by atoms with van der Waals surface area (Å²) in [7, 11) is 0. The van der Waals surface area contributed by atoms with Crippen molar-refractivity contribution in [3.63, 3.8) is 0 Å². The van der Waals surface area contributed by atoms with E-state index in [-0.39, 0.29) is 24.2 Å². The van der Waals surface area contributed by atoms with Gasteiger partial charge in [0.1, 0.15) is 11.4 Å². The molecule has 0 spiro atoms. The first kappa shape index (κ1) is 17.1. The summed E-state index contributed by atoms with van der Waals surface area (Å²) < 4.78 is 13.4. The minimum absolute atomic E-state index is 0.0818. The minimum atomic E-state index is -0.918. The van der Waals surface area contributed by atoms with E-state index in [2.05, 4.69) is 5.32 Å². The van der Waals surface area contributed by atoms with E-state index in [0.717, 1.165) is 5.56 Å². The molecule has 0 saturated carbocycles. The van der Waals surface area contributed by atoms with Gasteiger partial charge in [-0.05, 0) is 36.6 Å². The van der Waals surface area contributed by atoms with Crippen LogP contribution in [0.3, 0.4) is 0 Å². The van der Waals surface area contributed by atoms with E-state index in [0.29, 0.717) is 24.9 Å². The second-order valence-electron chi connectivity index (χ2n) is 6.55. The molecule has 0 radical (unpaired) electrons. The lowest BCUT2D eigenvalue weighted by molar-refractivity contribution is -0.141. The van der Waals surface area contributed by atoms with Gasteiger partial charge in [-0.15, -0.1) is 0 Å². The number of hydrogen-bond donors (Lipinski definition) is 1. The molecule has 1 saturated heterocycles. The molecule has 1 aliphatic rings. The lowest BCUT2D eigenvalue weighted by Gasteiger charge is -2.34. The van der Waals surface area contributed by atoms with E-state index in [4.69, 9.17) is 0 Å². The van der Waals surface area contributed by atoms with Gasteiger partial charge in [-0.3, -0.25) is 9.59 Å². The third-order valence-electron chi connectivity index (χ3n) is 4.74. The summed E-state index contributed by atoms with van der Waals surface area (Å²) in [6.45, 7) is 2.42. The topological polar surface area (TPSA) is 49.4 Å². The Hall–Kier alpha value is -2.69. The third-order valence-corrected chi connectivity index (χ3v) is 4.74. The zero-order chi connectivity index (χ0) is 17.9. The predicted octanol–water partition coefficient (Wildman–Crippen LogP) is 3.02. The molecular weight excluding hydrogens is 319 g/mol. The van der Waals surface area contributed by atoms with Gasteiger partial charge in [0.2, 0.25) is 11.8 Å². The monoisotopic (exact) mass is 340 g/mol. The highest BCUT2D eigenvalue weighted by atomic mass is 19.1.